The summed E-state index contributed by atoms with van der Waals surface area (Å²) in [6.07, 6.45) is 8.31. The molecule has 23 heavy (non-hydrogen) atoms. The number of likely N-dealkylation sites (tertiary alicyclic amines) is 1. The van der Waals surface area contributed by atoms with E-state index in [2.05, 4.69) is 11.6 Å². The number of ether oxygens (including phenoxy) is 1. The van der Waals surface area contributed by atoms with Crippen molar-refractivity contribution in [2.45, 2.75) is 51.2 Å². The van der Waals surface area contributed by atoms with Crippen molar-refractivity contribution >= 4 is 12.3 Å². The van der Waals surface area contributed by atoms with Gasteiger partial charge in [0.2, 0.25) is 0 Å². The fourth-order valence-electron chi connectivity index (χ4n) is 2.84. The number of hydrogen-bond acceptors (Lipinski definition) is 5. The lowest BCUT2D eigenvalue weighted by atomic mass is 10.0. The first-order valence-corrected chi connectivity index (χ1v) is 8.12. The molecule has 2 atom stereocenters. The van der Waals surface area contributed by atoms with Gasteiger partial charge in [-0.1, -0.05) is 12.6 Å². The average Bonchev–Trinajstić information content (AvgIpc) is 2.60. The van der Waals surface area contributed by atoms with E-state index in [1.165, 1.54) is 0 Å². The molecule has 1 saturated heterocycles. The predicted molar refractivity (Wildman–Crippen MR) is 87.7 cm³/mol. The molecule has 2 unspecified atom stereocenters. The van der Waals surface area contributed by atoms with E-state index in [4.69, 9.17) is 4.74 Å². The van der Waals surface area contributed by atoms with Crippen LogP contribution in [-0.4, -0.2) is 40.8 Å². The molecule has 0 aliphatic carbocycles. The van der Waals surface area contributed by atoms with E-state index in [0.29, 0.717) is 24.9 Å². The number of esters is 1. The van der Waals surface area contributed by atoms with Crippen molar-refractivity contribution in [3.8, 4) is 0 Å². The summed E-state index contributed by atoms with van der Waals surface area (Å²) in [5.41, 5.74) is 1.48. The van der Waals surface area contributed by atoms with Crippen molar-refractivity contribution in [2.24, 2.45) is 0 Å². The van der Waals surface area contributed by atoms with Gasteiger partial charge < -0.3 is 9.64 Å². The van der Waals surface area contributed by atoms with Crippen LogP contribution in [0.4, 0.5) is 0 Å². The van der Waals surface area contributed by atoms with Gasteiger partial charge in [0.15, 0.2) is 6.29 Å². The molecule has 5 heteroatoms. The Bertz CT molecular complexity index is 544. The Morgan fingerprint density at radius 2 is 2.39 bits per heavy atom. The molecule has 0 amide bonds. The highest BCUT2D eigenvalue weighted by Gasteiger charge is 2.31. The predicted octanol–water partition coefficient (Wildman–Crippen LogP) is 2.51. The third-order valence-corrected chi connectivity index (χ3v) is 4.16. The van der Waals surface area contributed by atoms with Gasteiger partial charge in [0, 0.05) is 18.9 Å². The Labute approximate surface area is 137 Å². The molecule has 2 heterocycles. The van der Waals surface area contributed by atoms with Crippen LogP contribution in [0.5, 0.6) is 0 Å². The average molecular weight is 316 g/mol. The minimum absolute atomic E-state index is 0.170. The van der Waals surface area contributed by atoms with Crippen LogP contribution in [0.25, 0.3) is 0 Å². The Morgan fingerprint density at radius 1 is 1.57 bits per heavy atom. The Hall–Kier alpha value is -2.17. The van der Waals surface area contributed by atoms with Crippen LogP contribution in [0.3, 0.4) is 0 Å². The third kappa shape index (κ3) is 4.91. The van der Waals surface area contributed by atoms with Crippen molar-refractivity contribution in [2.75, 3.05) is 6.54 Å². The normalized spacial score (nSPS) is 19.0. The molecule has 0 saturated carbocycles. The minimum Gasteiger partial charge on any atom is -0.461 e. The Morgan fingerprint density at radius 3 is 3.09 bits per heavy atom. The topological polar surface area (TPSA) is 59.5 Å². The zero-order valence-electron chi connectivity index (χ0n) is 13.6. The number of piperidine rings is 1. The summed E-state index contributed by atoms with van der Waals surface area (Å²) in [5, 5.41) is 0. The van der Waals surface area contributed by atoms with E-state index >= 15 is 0 Å². The smallest absolute Gasteiger partial charge is 0.329 e. The first-order valence-electron chi connectivity index (χ1n) is 8.12. The van der Waals surface area contributed by atoms with E-state index in [0.717, 1.165) is 31.2 Å². The molecule has 2 rings (SSSR count). The van der Waals surface area contributed by atoms with Gasteiger partial charge in [-0.25, -0.2) is 4.79 Å². The van der Waals surface area contributed by atoms with Crippen molar-refractivity contribution in [3.63, 3.8) is 0 Å². The number of hydrogen-bond donors (Lipinski definition) is 0. The number of nitrogens with zero attached hydrogens (tertiary/aromatic N) is 2. The number of rotatable bonds is 7. The van der Waals surface area contributed by atoms with Crippen LogP contribution in [0.15, 0.2) is 36.8 Å². The van der Waals surface area contributed by atoms with Gasteiger partial charge in [0.05, 0.1) is 11.8 Å². The summed E-state index contributed by atoms with van der Waals surface area (Å²) in [6.45, 7) is 6.31. The highest BCUT2D eigenvalue weighted by Crippen LogP contribution is 2.22. The summed E-state index contributed by atoms with van der Waals surface area (Å²) >= 11 is 0. The molecule has 0 spiro atoms. The second-order valence-electron chi connectivity index (χ2n) is 5.96. The fraction of sp³-hybridized carbons (Fsp3) is 0.500. The van der Waals surface area contributed by atoms with E-state index in [1.807, 2.05) is 25.3 Å². The van der Waals surface area contributed by atoms with Gasteiger partial charge in [-0.05, 0) is 50.7 Å². The number of allylic oxidation sites excluding steroid dienone is 1. The number of carbonyl (C=O) groups is 2. The summed E-state index contributed by atoms with van der Waals surface area (Å²) in [4.78, 5) is 29.2. The molecule has 0 radical (unpaired) electrons. The Balaban J connectivity index is 1.86. The van der Waals surface area contributed by atoms with Crippen molar-refractivity contribution in [1.82, 2.24) is 9.88 Å². The monoisotopic (exact) mass is 316 g/mol. The number of aldehydes is 1. The third-order valence-electron chi connectivity index (χ3n) is 4.16. The number of aromatic nitrogens is 1. The highest BCUT2D eigenvalue weighted by atomic mass is 16.5. The lowest BCUT2D eigenvalue weighted by Gasteiger charge is -2.35. The Kier molecular flexibility index (Phi) is 6.32. The molecule has 1 aromatic rings. The van der Waals surface area contributed by atoms with E-state index < -0.39 is 0 Å². The molecule has 1 fully saturated rings. The summed E-state index contributed by atoms with van der Waals surface area (Å²) in [6, 6.07) is 3.53. The minimum atomic E-state index is -0.387. The van der Waals surface area contributed by atoms with Crippen LogP contribution in [0, 0.1) is 0 Å². The highest BCUT2D eigenvalue weighted by molar-refractivity contribution is 5.79. The van der Waals surface area contributed by atoms with Crippen LogP contribution < -0.4 is 0 Å². The van der Waals surface area contributed by atoms with Gasteiger partial charge in [-0.3, -0.25) is 9.78 Å². The summed E-state index contributed by atoms with van der Waals surface area (Å²) in [7, 11) is 0. The molecule has 1 aliphatic heterocycles. The van der Waals surface area contributed by atoms with Gasteiger partial charge in [0.25, 0.3) is 0 Å². The molecule has 0 bridgehead atoms. The van der Waals surface area contributed by atoms with Gasteiger partial charge >= 0.3 is 5.97 Å². The number of carbonyl (C=O) groups excluding carboxylic acids is 2. The lowest BCUT2D eigenvalue weighted by molar-refractivity contribution is -0.155. The zero-order chi connectivity index (χ0) is 16.7. The molecular formula is C18H24N2O3. The molecule has 124 valence electrons. The fourth-order valence-corrected chi connectivity index (χ4v) is 2.84. The maximum absolute atomic E-state index is 12.4. The second kappa shape index (κ2) is 8.46. The maximum Gasteiger partial charge on any atom is 0.329 e. The quantitative estimate of drug-likeness (QED) is 0.439. The van der Waals surface area contributed by atoms with Gasteiger partial charge in [0.1, 0.15) is 6.04 Å². The summed E-state index contributed by atoms with van der Waals surface area (Å²) in [5.74, 6) is -0.258. The molecule has 1 aromatic heterocycles. The molecule has 1 aliphatic rings. The van der Waals surface area contributed by atoms with Crippen LogP contribution in [0.1, 0.15) is 38.2 Å². The first-order chi connectivity index (χ1) is 11.1. The first kappa shape index (κ1) is 17.2. The number of aryl methyl sites for hydroxylation is 1. The SMILES string of the molecule is C=C(C=O)N1CCCCC1C(=O)OC(C)CCc1cccnc1. The van der Waals surface area contributed by atoms with Crippen molar-refractivity contribution in [3.05, 3.63) is 42.4 Å². The van der Waals surface area contributed by atoms with Crippen LogP contribution in [0.2, 0.25) is 0 Å². The van der Waals surface area contributed by atoms with E-state index in [-0.39, 0.29) is 18.1 Å². The summed E-state index contributed by atoms with van der Waals surface area (Å²) < 4.78 is 5.58. The zero-order valence-corrected chi connectivity index (χ0v) is 13.6. The molecule has 0 N–H and O–H groups in total. The number of pyridine rings is 1. The largest absolute Gasteiger partial charge is 0.461 e. The van der Waals surface area contributed by atoms with Crippen molar-refractivity contribution < 1.29 is 14.3 Å². The molecular weight excluding hydrogens is 292 g/mol. The van der Waals surface area contributed by atoms with Crippen molar-refractivity contribution in [1.29, 1.82) is 0 Å². The molecule has 5 nitrogen and oxygen atoms in total. The van der Waals surface area contributed by atoms with E-state index in [1.54, 1.807) is 11.1 Å². The van der Waals surface area contributed by atoms with E-state index in [9.17, 15) is 9.59 Å². The van der Waals surface area contributed by atoms with Gasteiger partial charge in [-0.2, -0.15) is 0 Å². The van der Waals surface area contributed by atoms with Crippen LogP contribution >= 0.6 is 0 Å². The van der Waals surface area contributed by atoms with Crippen LogP contribution in [-0.2, 0) is 20.7 Å². The van der Waals surface area contributed by atoms with Gasteiger partial charge in [-0.15, -0.1) is 0 Å². The standard InChI is InChI=1S/C18H24N2O3/c1-14(13-21)20-11-4-3-7-17(20)18(22)23-15(2)8-9-16-6-5-10-19-12-16/h5-6,10,12-13,15,17H,1,3-4,7-9,11H2,2H3. The lowest BCUT2D eigenvalue weighted by Crippen LogP contribution is -2.45. The molecule has 0 aromatic carbocycles. The second-order valence-corrected chi connectivity index (χ2v) is 5.96. The maximum atomic E-state index is 12.4.